The number of nitrogens with two attached hydrogens (primary N) is 1. The predicted molar refractivity (Wildman–Crippen MR) is 90.4 cm³/mol. The second-order valence-electron chi connectivity index (χ2n) is 5.55. The monoisotopic (exact) mass is 336 g/mol. The van der Waals surface area contributed by atoms with Gasteiger partial charge in [-0.1, -0.05) is 26.2 Å². The van der Waals surface area contributed by atoms with Gasteiger partial charge in [0.1, 0.15) is 0 Å². The van der Waals surface area contributed by atoms with E-state index in [9.17, 15) is 8.78 Å². The van der Waals surface area contributed by atoms with Crippen LogP contribution in [0.4, 0.5) is 14.7 Å². The molecule has 130 valence electrons. The number of aromatic nitrogens is 2. The van der Waals surface area contributed by atoms with Crippen molar-refractivity contribution < 1.29 is 13.5 Å². The Hall–Kier alpha value is -2.44. The summed E-state index contributed by atoms with van der Waals surface area (Å²) in [7, 11) is 0. The van der Waals surface area contributed by atoms with Crippen molar-refractivity contribution in [2.75, 3.05) is 12.3 Å². The van der Waals surface area contributed by atoms with Gasteiger partial charge in [0.25, 0.3) is 0 Å². The lowest BCUT2D eigenvalue weighted by Crippen LogP contribution is -2.02. The third kappa shape index (κ3) is 4.78. The lowest BCUT2D eigenvalue weighted by molar-refractivity contribution is 0.285. The number of halogens is 2. The van der Waals surface area contributed by atoms with Crippen molar-refractivity contribution in [3.05, 3.63) is 41.2 Å². The normalized spacial score (nSPS) is 11.3. The largest absolute Gasteiger partial charge is 0.490 e. The molecule has 0 unspecified atom stereocenters. The Balaban J connectivity index is 2.09. The highest BCUT2D eigenvalue weighted by atomic mass is 19.2. The molecule has 0 amide bonds. The fourth-order valence-corrected chi connectivity index (χ4v) is 2.20. The molecule has 0 radical (unpaired) electrons. The van der Waals surface area contributed by atoms with Crippen LogP contribution >= 0.6 is 0 Å². The molecule has 5 nitrogen and oxygen atoms in total. The van der Waals surface area contributed by atoms with Crippen molar-refractivity contribution in [2.45, 2.75) is 39.5 Å². The molecule has 0 bridgehead atoms. The van der Waals surface area contributed by atoms with E-state index in [0.29, 0.717) is 17.9 Å². The van der Waals surface area contributed by atoms with Gasteiger partial charge in [0.15, 0.2) is 11.6 Å². The molecular weight excluding hydrogens is 314 g/mol. The Labute approximate surface area is 140 Å². The topological polar surface area (TPSA) is 65.4 Å². The molecule has 7 heteroatoms. The van der Waals surface area contributed by atoms with Crippen LogP contribution in [0.5, 0.6) is 5.75 Å². The van der Waals surface area contributed by atoms with E-state index in [0.717, 1.165) is 31.7 Å². The molecule has 0 atom stereocenters. The van der Waals surface area contributed by atoms with Crippen molar-refractivity contribution in [3.8, 4) is 5.75 Å². The first-order chi connectivity index (χ1) is 11.5. The Morgan fingerprint density at radius 2 is 2.08 bits per heavy atom. The summed E-state index contributed by atoms with van der Waals surface area (Å²) in [5.74, 6) is -1.85. The summed E-state index contributed by atoms with van der Waals surface area (Å²) in [6.45, 7) is 4.24. The standard InChI is InChI=1S/C17H22F2N4O/c1-3-4-5-6-7-24-15-9-13(8-14(18)16(15)19)10-21-23-11-12(2)22-17(23)20/h8-11H,3-7H2,1-2H3,(H2,20,22). The number of hydrogen-bond acceptors (Lipinski definition) is 4. The summed E-state index contributed by atoms with van der Waals surface area (Å²) >= 11 is 0. The number of anilines is 1. The van der Waals surface area contributed by atoms with Gasteiger partial charge in [0, 0.05) is 5.56 Å². The summed E-state index contributed by atoms with van der Waals surface area (Å²) in [5.41, 5.74) is 6.77. The molecule has 2 aromatic rings. The van der Waals surface area contributed by atoms with Gasteiger partial charge in [0.2, 0.25) is 11.8 Å². The number of hydrogen-bond donors (Lipinski definition) is 1. The first kappa shape index (κ1) is 17.9. The molecule has 0 aliphatic carbocycles. The van der Waals surface area contributed by atoms with Gasteiger partial charge in [0.05, 0.1) is 24.7 Å². The number of imidazole rings is 1. The highest BCUT2D eigenvalue weighted by molar-refractivity contribution is 5.80. The maximum Gasteiger partial charge on any atom is 0.221 e. The lowest BCUT2D eigenvalue weighted by Gasteiger charge is -2.08. The van der Waals surface area contributed by atoms with Crippen molar-refractivity contribution in [2.24, 2.45) is 5.10 Å². The zero-order valence-corrected chi connectivity index (χ0v) is 13.9. The minimum Gasteiger partial charge on any atom is -0.490 e. The summed E-state index contributed by atoms with van der Waals surface area (Å²) in [6.07, 6.45) is 7.02. The second kappa shape index (κ2) is 8.42. The van der Waals surface area contributed by atoms with Crippen LogP contribution in [0.3, 0.4) is 0 Å². The van der Waals surface area contributed by atoms with Gasteiger partial charge in [-0.25, -0.2) is 14.1 Å². The Morgan fingerprint density at radius 1 is 1.29 bits per heavy atom. The van der Waals surface area contributed by atoms with Gasteiger partial charge in [-0.15, -0.1) is 0 Å². The predicted octanol–water partition coefficient (Wildman–Crippen LogP) is 3.89. The van der Waals surface area contributed by atoms with Gasteiger partial charge in [-0.2, -0.15) is 9.49 Å². The van der Waals surface area contributed by atoms with Crippen LogP contribution in [-0.4, -0.2) is 22.5 Å². The van der Waals surface area contributed by atoms with E-state index >= 15 is 0 Å². The molecular formula is C17H22F2N4O. The van der Waals surface area contributed by atoms with Crippen molar-refractivity contribution in [1.29, 1.82) is 0 Å². The van der Waals surface area contributed by atoms with Gasteiger partial charge in [-0.05, 0) is 25.5 Å². The van der Waals surface area contributed by atoms with Crippen LogP contribution in [0.1, 0.15) is 43.9 Å². The summed E-state index contributed by atoms with van der Waals surface area (Å²) in [4.78, 5) is 4.01. The van der Waals surface area contributed by atoms with E-state index in [-0.39, 0.29) is 11.7 Å². The van der Waals surface area contributed by atoms with E-state index in [2.05, 4.69) is 17.0 Å². The zero-order valence-electron chi connectivity index (χ0n) is 13.9. The maximum absolute atomic E-state index is 13.8. The molecule has 2 rings (SSSR count). The third-order valence-corrected chi connectivity index (χ3v) is 3.44. The average Bonchev–Trinajstić information content (AvgIpc) is 2.87. The molecule has 0 aliphatic heterocycles. The first-order valence-corrected chi connectivity index (χ1v) is 7.99. The van der Waals surface area contributed by atoms with E-state index in [1.54, 1.807) is 13.1 Å². The van der Waals surface area contributed by atoms with Gasteiger partial charge >= 0.3 is 0 Å². The number of unbranched alkanes of at least 4 members (excludes halogenated alkanes) is 3. The highest BCUT2D eigenvalue weighted by Crippen LogP contribution is 2.22. The Bertz CT molecular complexity index is 713. The SMILES string of the molecule is CCCCCCOc1cc(C=Nn2cc(C)nc2N)cc(F)c1F. The number of rotatable bonds is 8. The fourth-order valence-electron chi connectivity index (χ4n) is 2.20. The molecule has 0 saturated heterocycles. The van der Waals surface area contributed by atoms with E-state index in [1.807, 2.05) is 0 Å². The number of nitrogens with zero attached hydrogens (tertiary/aromatic N) is 3. The molecule has 0 spiro atoms. The Kier molecular flexibility index (Phi) is 6.28. The molecule has 1 aromatic heterocycles. The quantitative estimate of drug-likeness (QED) is 0.587. The minimum atomic E-state index is -0.986. The number of aryl methyl sites for hydroxylation is 1. The maximum atomic E-state index is 13.8. The van der Waals surface area contributed by atoms with Crippen LogP contribution in [0.25, 0.3) is 0 Å². The van der Waals surface area contributed by atoms with Crippen LogP contribution in [-0.2, 0) is 0 Å². The third-order valence-electron chi connectivity index (χ3n) is 3.44. The summed E-state index contributed by atoms with van der Waals surface area (Å²) in [6, 6.07) is 2.48. The van der Waals surface area contributed by atoms with Crippen LogP contribution in [0.15, 0.2) is 23.4 Å². The van der Waals surface area contributed by atoms with Crippen molar-refractivity contribution >= 4 is 12.2 Å². The molecule has 2 N–H and O–H groups in total. The number of nitrogen functional groups attached to an aromatic ring is 1. The second-order valence-corrected chi connectivity index (χ2v) is 5.55. The summed E-state index contributed by atoms with van der Waals surface area (Å²) < 4.78 is 34.3. The molecule has 0 aliphatic rings. The molecule has 1 heterocycles. The first-order valence-electron chi connectivity index (χ1n) is 7.99. The van der Waals surface area contributed by atoms with Crippen LogP contribution in [0.2, 0.25) is 0 Å². The molecule has 0 fully saturated rings. The van der Waals surface area contributed by atoms with E-state index in [1.165, 1.54) is 17.0 Å². The van der Waals surface area contributed by atoms with Crippen LogP contribution in [0, 0.1) is 18.6 Å². The minimum absolute atomic E-state index is 0.109. The van der Waals surface area contributed by atoms with Crippen molar-refractivity contribution in [3.63, 3.8) is 0 Å². The van der Waals surface area contributed by atoms with Gasteiger partial charge in [-0.3, -0.25) is 0 Å². The molecule has 24 heavy (non-hydrogen) atoms. The number of ether oxygens (including phenoxy) is 1. The molecule has 0 saturated carbocycles. The average molecular weight is 336 g/mol. The van der Waals surface area contributed by atoms with Crippen LogP contribution < -0.4 is 10.5 Å². The zero-order chi connectivity index (χ0) is 17.5. The Morgan fingerprint density at radius 3 is 2.75 bits per heavy atom. The van der Waals surface area contributed by atoms with E-state index < -0.39 is 11.6 Å². The lowest BCUT2D eigenvalue weighted by atomic mass is 10.2. The smallest absolute Gasteiger partial charge is 0.221 e. The molecule has 1 aromatic carbocycles. The highest BCUT2D eigenvalue weighted by Gasteiger charge is 2.11. The van der Waals surface area contributed by atoms with Gasteiger partial charge < -0.3 is 10.5 Å². The summed E-state index contributed by atoms with van der Waals surface area (Å²) in [5, 5.41) is 4.09. The van der Waals surface area contributed by atoms with Crippen molar-refractivity contribution in [1.82, 2.24) is 9.66 Å². The van der Waals surface area contributed by atoms with E-state index in [4.69, 9.17) is 10.5 Å². The fraction of sp³-hybridized carbons (Fsp3) is 0.412. The number of benzene rings is 1.